The molecule has 0 unspecified atom stereocenters. The summed E-state index contributed by atoms with van der Waals surface area (Å²) in [5, 5.41) is 0. The summed E-state index contributed by atoms with van der Waals surface area (Å²) in [6.07, 6.45) is 2.12. The molecule has 0 saturated carbocycles. The van der Waals surface area contributed by atoms with E-state index in [9.17, 15) is 18.0 Å². The molecule has 4 heterocycles. The maximum Gasteiger partial charge on any atom is 0.359 e. The Morgan fingerprint density at radius 1 is 1.20 bits per heavy atom. The number of aromatic nitrogens is 3. The smallest absolute Gasteiger partial charge is 0.359 e. The van der Waals surface area contributed by atoms with E-state index in [1.54, 1.807) is 29.7 Å². The molecule has 9 heteroatoms. The number of Topliss-reactive ketones (excluding diaryl/α,β-unsaturated/α-hetero) is 1. The number of hydrogen-bond donors (Lipinski definition) is 0. The van der Waals surface area contributed by atoms with Gasteiger partial charge in [0, 0.05) is 34.9 Å². The van der Waals surface area contributed by atoms with Crippen molar-refractivity contribution in [3.8, 4) is 0 Å². The SMILES string of the molecule is Cc1cc(C(=O)COC(=O)c2cn3c(C)cccc3n2)c(C)n1[C@H]1CCS(=O)(=O)C1. The quantitative estimate of drug-likeness (QED) is 0.456. The number of carbonyl (C=O) groups excluding carboxylic acids is 2. The van der Waals surface area contributed by atoms with E-state index < -0.39 is 22.4 Å². The topological polar surface area (TPSA) is 99.7 Å². The third-order valence-electron chi connectivity index (χ3n) is 5.60. The summed E-state index contributed by atoms with van der Waals surface area (Å²) in [5.41, 5.74) is 3.65. The monoisotopic (exact) mass is 429 g/mol. The molecule has 0 aliphatic carbocycles. The van der Waals surface area contributed by atoms with Crippen LogP contribution in [0.25, 0.3) is 5.65 Å². The van der Waals surface area contributed by atoms with Crippen molar-refractivity contribution in [2.24, 2.45) is 0 Å². The zero-order valence-electron chi connectivity index (χ0n) is 17.1. The summed E-state index contributed by atoms with van der Waals surface area (Å²) in [6, 6.07) is 7.10. The maximum absolute atomic E-state index is 12.7. The molecule has 3 aromatic rings. The first-order valence-electron chi connectivity index (χ1n) is 9.70. The highest BCUT2D eigenvalue weighted by molar-refractivity contribution is 7.91. The van der Waals surface area contributed by atoms with E-state index in [2.05, 4.69) is 4.98 Å². The molecule has 0 aromatic carbocycles. The van der Waals surface area contributed by atoms with Crippen molar-refractivity contribution in [3.05, 3.63) is 58.8 Å². The molecule has 0 radical (unpaired) electrons. The van der Waals surface area contributed by atoms with Gasteiger partial charge in [0.2, 0.25) is 5.78 Å². The van der Waals surface area contributed by atoms with Crippen molar-refractivity contribution in [1.29, 1.82) is 0 Å². The number of esters is 1. The van der Waals surface area contributed by atoms with Gasteiger partial charge in [0.1, 0.15) is 5.65 Å². The number of sulfone groups is 1. The van der Waals surface area contributed by atoms with Crippen molar-refractivity contribution in [1.82, 2.24) is 14.0 Å². The van der Waals surface area contributed by atoms with Crippen LogP contribution in [0.4, 0.5) is 0 Å². The summed E-state index contributed by atoms with van der Waals surface area (Å²) in [4.78, 5) is 29.3. The van der Waals surface area contributed by atoms with Crippen LogP contribution in [0.2, 0.25) is 0 Å². The first-order valence-corrected chi connectivity index (χ1v) is 11.5. The molecular weight excluding hydrogens is 406 g/mol. The third-order valence-corrected chi connectivity index (χ3v) is 7.35. The van der Waals surface area contributed by atoms with E-state index in [1.165, 1.54) is 0 Å². The van der Waals surface area contributed by atoms with E-state index in [4.69, 9.17) is 4.74 Å². The number of ketones is 1. The lowest BCUT2D eigenvalue weighted by molar-refractivity contribution is 0.0469. The standard InChI is InChI=1S/C21H23N3O5S/c1-13-5-4-6-20-22-18(10-23(13)20)21(26)29-11-19(25)17-9-14(2)24(15(17)3)16-7-8-30(27,28)12-16/h4-6,9-10,16H,7-8,11-12H2,1-3H3/t16-/m0/s1. The Kier molecular flexibility index (Phi) is 5.01. The number of fused-ring (bicyclic) bond motifs is 1. The Morgan fingerprint density at radius 3 is 2.63 bits per heavy atom. The van der Waals surface area contributed by atoms with Crippen molar-refractivity contribution < 1.29 is 22.7 Å². The van der Waals surface area contributed by atoms with Gasteiger partial charge in [0.15, 0.2) is 22.1 Å². The Morgan fingerprint density at radius 2 is 1.97 bits per heavy atom. The van der Waals surface area contributed by atoms with Gasteiger partial charge in [-0.15, -0.1) is 0 Å². The Hall–Kier alpha value is -2.94. The summed E-state index contributed by atoms with van der Waals surface area (Å²) < 4.78 is 32.6. The van der Waals surface area contributed by atoms with Gasteiger partial charge in [-0.3, -0.25) is 4.79 Å². The number of hydrogen-bond acceptors (Lipinski definition) is 6. The molecule has 1 aliphatic heterocycles. The Bertz CT molecular complexity index is 1270. The lowest BCUT2D eigenvalue weighted by Crippen LogP contribution is -2.17. The van der Waals surface area contributed by atoms with Crippen LogP contribution >= 0.6 is 0 Å². The first-order chi connectivity index (χ1) is 14.2. The molecule has 3 aromatic heterocycles. The molecule has 0 N–H and O–H groups in total. The van der Waals surface area contributed by atoms with Crippen molar-refractivity contribution in [3.63, 3.8) is 0 Å². The molecule has 158 valence electrons. The van der Waals surface area contributed by atoms with E-state index >= 15 is 0 Å². The minimum Gasteiger partial charge on any atom is -0.453 e. The average molecular weight is 429 g/mol. The minimum atomic E-state index is -3.04. The molecule has 0 spiro atoms. The molecule has 1 atom stereocenters. The fourth-order valence-electron chi connectivity index (χ4n) is 4.13. The molecule has 1 aliphatic rings. The number of imidazole rings is 1. The van der Waals surface area contributed by atoms with Gasteiger partial charge in [0.25, 0.3) is 0 Å². The first kappa shape index (κ1) is 20.3. The van der Waals surface area contributed by atoms with E-state index in [-0.39, 0.29) is 29.0 Å². The van der Waals surface area contributed by atoms with Crippen LogP contribution in [0.1, 0.15) is 50.4 Å². The minimum absolute atomic E-state index is 0.0826. The predicted molar refractivity (Wildman–Crippen MR) is 111 cm³/mol. The van der Waals surface area contributed by atoms with E-state index in [1.807, 2.05) is 30.5 Å². The fraction of sp³-hybridized carbons (Fsp3) is 0.381. The van der Waals surface area contributed by atoms with E-state index in [0.29, 0.717) is 23.3 Å². The summed E-state index contributed by atoms with van der Waals surface area (Å²) >= 11 is 0. The third kappa shape index (κ3) is 3.65. The molecule has 1 saturated heterocycles. The largest absolute Gasteiger partial charge is 0.453 e. The van der Waals surface area contributed by atoms with Gasteiger partial charge >= 0.3 is 5.97 Å². The number of aryl methyl sites for hydroxylation is 2. The van der Waals surface area contributed by atoms with Crippen LogP contribution in [0.5, 0.6) is 0 Å². The molecule has 0 amide bonds. The second kappa shape index (κ2) is 7.39. The van der Waals surface area contributed by atoms with Crippen LogP contribution in [-0.2, 0) is 14.6 Å². The number of rotatable bonds is 5. The van der Waals surface area contributed by atoms with Gasteiger partial charge in [0.05, 0.1) is 11.5 Å². The normalized spacial score (nSPS) is 18.0. The van der Waals surface area contributed by atoms with Gasteiger partial charge in [-0.25, -0.2) is 18.2 Å². The van der Waals surface area contributed by atoms with Gasteiger partial charge in [-0.05, 0) is 45.4 Å². The second-order valence-electron chi connectivity index (χ2n) is 7.73. The summed E-state index contributed by atoms with van der Waals surface area (Å²) in [5.74, 6) is -0.751. The Balaban J connectivity index is 1.48. The van der Waals surface area contributed by atoms with Crippen LogP contribution in [0.3, 0.4) is 0 Å². The molecule has 8 nitrogen and oxygen atoms in total. The predicted octanol–water partition coefficient (Wildman–Crippen LogP) is 2.46. The highest BCUT2D eigenvalue weighted by atomic mass is 32.2. The molecule has 0 bridgehead atoms. The van der Waals surface area contributed by atoms with E-state index in [0.717, 1.165) is 11.4 Å². The van der Waals surface area contributed by atoms with Crippen LogP contribution in [-0.4, -0.2) is 52.2 Å². The number of pyridine rings is 1. The molecular formula is C21H23N3O5S. The number of nitrogens with zero attached hydrogens (tertiary/aromatic N) is 3. The number of carbonyl (C=O) groups is 2. The van der Waals surface area contributed by atoms with Crippen LogP contribution in [0.15, 0.2) is 30.5 Å². The van der Waals surface area contributed by atoms with Crippen molar-refractivity contribution in [2.75, 3.05) is 18.1 Å². The lowest BCUT2D eigenvalue weighted by Gasteiger charge is -2.16. The summed E-state index contributed by atoms with van der Waals surface area (Å²) in [6.45, 7) is 5.13. The zero-order valence-corrected chi connectivity index (χ0v) is 17.9. The molecule has 1 fully saturated rings. The lowest BCUT2D eigenvalue weighted by atomic mass is 10.1. The summed E-state index contributed by atoms with van der Waals surface area (Å²) in [7, 11) is -3.04. The highest BCUT2D eigenvalue weighted by Crippen LogP contribution is 2.29. The second-order valence-corrected chi connectivity index (χ2v) is 9.96. The van der Waals surface area contributed by atoms with Crippen LogP contribution < -0.4 is 0 Å². The van der Waals surface area contributed by atoms with Gasteiger partial charge in [-0.1, -0.05) is 6.07 Å². The van der Waals surface area contributed by atoms with Gasteiger partial charge < -0.3 is 13.7 Å². The van der Waals surface area contributed by atoms with Crippen molar-refractivity contribution >= 4 is 27.2 Å². The average Bonchev–Trinajstić information content (AvgIpc) is 3.35. The van der Waals surface area contributed by atoms with Crippen LogP contribution in [0, 0.1) is 20.8 Å². The Labute approximate surface area is 174 Å². The zero-order chi connectivity index (χ0) is 21.6. The molecule has 30 heavy (non-hydrogen) atoms. The van der Waals surface area contributed by atoms with Gasteiger partial charge in [-0.2, -0.15) is 0 Å². The highest BCUT2D eigenvalue weighted by Gasteiger charge is 2.31. The fourth-order valence-corrected chi connectivity index (χ4v) is 5.83. The maximum atomic E-state index is 12.7. The molecule has 4 rings (SSSR count). The van der Waals surface area contributed by atoms with Crippen molar-refractivity contribution in [2.45, 2.75) is 33.2 Å². The number of ether oxygens (including phenoxy) is 1.